The third-order valence-corrected chi connectivity index (χ3v) is 3.99. The summed E-state index contributed by atoms with van der Waals surface area (Å²) in [6, 6.07) is 7.24. The van der Waals surface area contributed by atoms with E-state index in [0.29, 0.717) is 6.54 Å². The van der Waals surface area contributed by atoms with E-state index in [9.17, 15) is 13.2 Å². The van der Waals surface area contributed by atoms with Gasteiger partial charge >= 0.3 is 0 Å². The number of hydrogen-bond acceptors (Lipinski definition) is 5. The van der Waals surface area contributed by atoms with Gasteiger partial charge in [0.1, 0.15) is 0 Å². The van der Waals surface area contributed by atoms with E-state index in [2.05, 4.69) is 10.7 Å². The molecule has 1 heterocycles. The maximum Gasteiger partial charge on any atom is 0.266 e. The number of hydrogen-bond donors (Lipinski definition) is 3. The Hall–Kier alpha value is -1.80. The minimum atomic E-state index is -3.95. The highest BCUT2D eigenvalue weighted by atomic mass is 32.2. The van der Waals surface area contributed by atoms with Gasteiger partial charge in [0.15, 0.2) is 0 Å². The van der Waals surface area contributed by atoms with Gasteiger partial charge < -0.3 is 5.32 Å². The van der Waals surface area contributed by atoms with Crippen LogP contribution in [0.15, 0.2) is 24.3 Å². The number of benzene rings is 1. The summed E-state index contributed by atoms with van der Waals surface area (Å²) < 4.78 is 29.9. The molecular formula is C13H19N3O4S. The Labute approximate surface area is 124 Å². The van der Waals surface area contributed by atoms with Crippen molar-refractivity contribution < 1.29 is 17.8 Å². The van der Waals surface area contributed by atoms with E-state index in [1.165, 1.54) is 0 Å². The van der Waals surface area contributed by atoms with Crippen LogP contribution < -0.4 is 15.8 Å². The molecular weight excluding hydrogens is 294 g/mol. The number of nitrogens with one attached hydrogen (secondary N) is 2. The molecule has 0 saturated carbocycles. The summed E-state index contributed by atoms with van der Waals surface area (Å²) in [5.41, 5.74) is 3.98. The molecule has 2 rings (SSSR count). The van der Waals surface area contributed by atoms with Gasteiger partial charge in [-0.3, -0.25) is 19.8 Å². The molecule has 0 bridgehead atoms. The molecule has 1 aromatic rings. The molecule has 0 aliphatic carbocycles. The normalized spacial score (nSPS) is 17.7. The first-order valence-electron chi connectivity index (χ1n) is 6.55. The van der Waals surface area contributed by atoms with Crippen LogP contribution >= 0.6 is 0 Å². The van der Waals surface area contributed by atoms with E-state index in [1.807, 2.05) is 26.0 Å². The van der Waals surface area contributed by atoms with Gasteiger partial charge in [-0.2, -0.15) is 8.42 Å². The predicted molar refractivity (Wildman–Crippen MR) is 80.6 cm³/mol. The van der Waals surface area contributed by atoms with E-state index < -0.39 is 15.5 Å². The zero-order chi connectivity index (χ0) is 15.7. The van der Waals surface area contributed by atoms with Crippen molar-refractivity contribution in [1.29, 1.82) is 0 Å². The molecule has 8 heteroatoms. The Bertz CT molecular complexity index is 625. The Morgan fingerprint density at radius 2 is 1.95 bits per heavy atom. The molecule has 116 valence electrons. The molecule has 21 heavy (non-hydrogen) atoms. The molecule has 0 atom stereocenters. The predicted octanol–water partition coefficient (Wildman–Crippen LogP) is 0.864. The van der Waals surface area contributed by atoms with Gasteiger partial charge in [-0.05, 0) is 38.1 Å². The van der Waals surface area contributed by atoms with Gasteiger partial charge in [0, 0.05) is 12.2 Å². The molecule has 0 unspecified atom stereocenters. The molecule has 1 aromatic carbocycles. The van der Waals surface area contributed by atoms with Gasteiger partial charge in [-0.1, -0.05) is 0 Å². The molecule has 1 saturated heterocycles. The van der Waals surface area contributed by atoms with Crippen LogP contribution in [0, 0.1) is 5.41 Å². The fourth-order valence-electron chi connectivity index (χ4n) is 2.02. The van der Waals surface area contributed by atoms with Crippen molar-refractivity contribution >= 4 is 27.4 Å². The molecule has 1 fully saturated rings. The molecule has 1 aliphatic rings. The topological polar surface area (TPSA) is 98.7 Å². The number of rotatable bonds is 5. The highest BCUT2D eigenvalue weighted by Gasteiger charge is 2.37. The van der Waals surface area contributed by atoms with Gasteiger partial charge in [0.2, 0.25) is 5.91 Å². The third-order valence-electron chi connectivity index (χ3n) is 3.27. The van der Waals surface area contributed by atoms with E-state index in [4.69, 9.17) is 4.55 Å². The third kappa shape index (κ3) is 4.08. The molecule has 0 radical (unpaired) electrons. The maximum atomic E-state index is 11.7. The highest BCUT2D eigenvalue weighted by molar-refractivity contribution is 7.85. The zero-order valence-electron chi connectivity index (χ0n) is 12.0. The summed E-state index contributed by atoms with van der Waals surface area (Å²) in [5, 5.41) is 4.68. The SMILES string of the molecule is CC1(C)CN(c2ccc(NCCS(=O)(=O)O)cc2)NC1=O. The second-order valence-corrected chi connectivity index (χ2v) is 7.24. The first-order valence-corrected chi connectivity index (χ1v) is 8.16. The summed E-state index contributed by atoms with van der Waals surface area (Å²) >= 11 is 0. The summed E-state index contributed by atoms with van der Waals surface area (Å²) in [6.45, 7) is 4.48. The molecule has 0 spiro atoms. The lowest BCUT2D eigenvalue weighted by Gasteiger charge is -2.19. The van der Waals surface area contributed by atoms with Crippen LogP contribution in [-0.2, 0) is 14.9 Å². The smallest absolute Gasteiger partial charge is 0.266 e. The molecule has 7 nitrogen and oxygen atoms in total. The van der Waals surface area contributed by atoms with Crippen LogP contribution in [0.3, 0.4) is 0 Å². The average molecular weight is 313 g/mol. The Morgan fingerprint density at radius 1 is 1.33 bits per heavy atom. The highest BCUT2D eigenvalue weighted by Crippen LogP contribution is 2.27. The van der Waals surface area contributed by atoms with Gasteiger partial charge in [-0.15, -0.1) is 0 Å². The number of amides is 1. The fourth-order valence-corrected chi connectivity index (χ4v) is 2.38. The quantitative estimate of drug-likeness (QED) is 0.698. The minimum absolute atomic E-state index is 0.0159. The van der Waals surface area contributed by atoms with E-state index in [1.54, 1.807) is 17.1 Å². The van der Waals surface area contributed by atoms with Gasteiger partial charge in [-0.25, -0.2) is 0 Å². The fraction of sp³-hybridized carbons (Fsp3) is 0.462. The number of carbonyl (C=O) groups is 1. The van der Waals surface area contributed by atoms with Crippen LogP contribution in [0.1, 0.15) is 13.8 Å². The van der Waals surface area contributed by atoms with Crippen molar-refractivity contribution in [3.8, 4) is 0 Å². The number of nitrogens with zero attached hydrogens (tertiary/aromatic N) is 1. The van der Waals surface area contributed by atoms with Crippen LogP contribution in [0.4, 0.5) is 11.4 Å². The maximum absolute atomic E-state index is 11.7. The number of hydrazine groups is 1. The largest absolute Gasteiger partial charge is 0.384 e. The van der Waals surface area contributed by atoms with Crippen molar-refractivity contribution in [2.24, 2.45) is 5.41 Å². The summed E-state index contributed by atoms with van der Waals surface area (Å²) in [5.74, 6) is -0.358. The second-order valence-electron chi connectivity index (χ2n) is 5.67. The molecule has 0 aromatic heterocycles. The van der Waals surface area contributed by atoms with E-state index in [-0.39, 0.29) is 18.2 Å². The van der Waals surface area contributed by atoms with Crippen molar-refractivity contribution in [2.45, 2.75) is 13.8 Å². The molecule has 1 aliphatic heterocycles. The minimum Gasteiger partial charge on any atom is -0.384 e. The van der Waals surface area contributed by atoms with Crippen molar-refractivity contribution in [3.05, 3.63) is 24.3 Å². The van der Waals surface area contributed by atoms with Crippen LogP contribution in [0.2, 0.25) is 0 Å². The molecule has 3 N–H and O–H groups in total. The first kappa shape index (κ1) is 15.6. The second kappa shape index (κ2) is 5.53. The Morgan fingerprint density at radius 3 is 2.43 bits per heavy atom. The summed E-state index contributed by atoms with van der Waals surface area (Å²) in [4.78, 5) is 11.7. The lowest BCUT2D eigenvalue weighted by molar-refractivity contribution is -0.125. The van der Waals surface area contributed by atoms with Gasteiger partial charge in [0.25, 0.3) is 10.1 Å². The standard InChI is InChI=1S/C13H19N3O4S/c1-13(2)9-16(15-12(13)17)11-5-3-10(4-6-11)14-7-8-21(18,19)20/h3-6,14H,7-9H2,1-2H3,(H,15,17)(H,18,19,20). The zero-order valence-corrected chi connectivity index (χ0v) is 12.8. The first-order chi connectivity index (χ1) is 9.67. The lowest BCUT2D eigenvalue weighted by atomic mass is 9.94. The van der Waals surface area contributed by atoms with Gasteiger partial charge in [0.05, 0.1) is 23.4 Å². The Kier molecular flexibility index (Phi) is 4.11. The monoisotopic (exact) mass is 313 g/mol. The number of anilines is 2. The average Bonchev–Trinajstić information content (AvgIpc) is 2.63. The van der Waals surface area contributed by atoms with Crippen LogP contribution in [0.25, 0.3) is 0 Å². The Balaban J connectivity index is 1.95. The number of carbonyl (C=O) groups excluding carboxylic acids is 1. The van der Waals surface area contributed by atoms with Crippen LogP contribution in [-0.4, -0.2) is 37.7 Å². The van der Waals surface area contributed by atoms with E-state index >= 15 is 0 Å². The lowest BCUT2D eigenvalue weighted by Crippen LogP contribution is -2.33. The van der Waals surface area contributed by atoms with Crippen LogP contribution in [0.5, 0.6) is 0 Å². The molecule has 1 amide bonds. The van der Waals surface area contributed by atoms with Crippen molar-refractivity contribution in [3.63, 3.8) is 0 Å². The van der Waals surface area contributed by atoms with Crippen molar-refractivity contribution in [2.75, 3.05) is 29.2 Å². The van der Waals surface area contributed by atoms with E-state index in [0.717, 1.165) is 11.4 Å². The van der Waals surface area contributed by atoms with Crippen molar-refractivity contribution in [1.82, 2.24) is 5.43 Å². The summed E-state index contributed by atoms with van der Waals surface area (Å²) in [6.07, 6.45) is 0. The summed E-state index contributed by atoms with van der Waals surface area (Å²) in [7, 11) is -3.95.